The Labute approximate surface area is 79.1 Å². The smallest absolute Gasteiger partial charge is 0.334 e. The zero-order valence-electron chi connectivity index (χ0n) is 8.39. The summed E-state index contributed by atoms with van der Waals surface area (Å²) in [5, 5.41) is 0. The van der Waals surface area contributed by atoms with Gasteiger partial charge < -0.3 is 4.90 Å². The van der Waals surface area contributed by atoms with Gasteiger partial charge in [0.2, 0.25) is 0 Å². The highest BCUT2D eigenvalue weighted by Gasteiger charge is 2.26. The number of rotatable bonds is 3. The highest BCUT2D eigenvalue weighted by Crippen LogP contribution is 1.96. The quantitative estimate of drug-likeness (QED) is 0.594. The standard InChI is InChI=1S/C8H17BF2N2/c1-8(2)13-5-3-12(4-6-13)7-9(10)11/h8H,3-7H2,1-2H3/p+1. The highest BCUT2D eigenvalue weighted by atomic mass is 19.2. The van der Waals surface area contributed by atoms with Crippen molar-refractivity contribution in [3.63, 3.8) is 0 Å². The Morgan fingerprint density at radius 2 is 1.85 bits per heavy atom. The van der Waals surface area contributed by atoms with Gasteiger partial charge in [0, 0.05) is 19.1 Å². The third kappa shape index (κ3) is 3.61. The number of nitrogens with one attached hydrogen (secondary N) is 1. The van der Waals surface area contributed by atoms with Crippen LogP contribution in [0, 0.1) is 0 Å². The molecule has 2 nitrogen and oxygen atoms in total. The van der Waals surface area contributed by atoms with Gasteiger partial charge in [-0.15, -0.1) is 0 Å². The molecule has 5 heteroatoms. The molecule has 0 aromatic heterocycles. The lowest BCUT2D eigenvalue weighted by Crippen LogP contribution is -3.15. The van der Waals surface area contributed by atoms with Gasteiger partial charge in [0.05, 0.1) is 13.1 Å². The number of quaternary nitrogens is 1. The van der Waals surface area contributed by atoms with E-state index in [-0.39, 0.29) is 6.44 Å². The van der Waals surface area contributed by atoms with Crippen molar-refractivity contribution in [3.8, 4) is 0 Å². The molecular formula is C8H18BF2N2+. The molecule has 13 heavy (non-hydrogen) atoms. The second-order valence-corrected chi connectivity index (χ2v) is 3.97. The highest BCUT2D eigenvalue weighted by molar-refractivity contribution is 6.42. The van der Waals surface area contributed by atoms with Crippen molar-refractivity contribution in [1.82, 2.24) is 4.90 Å². The van der Waals surface area contributed by atoms with Gasteiger partial charge in [0.25, 0.3) is 0 Å². The third-order valence-corrected chi connectivity index (χ3v) is 2.68. The van der Waals surface area contributed by atoms with Crippen LogP contribution in [-0.2, 0) is 0 Å². The van der Waals surface area contributed by atoms with Gasteiger partial charge in [-0.05, 0) is 13.8 Å². The fourth-order valence-corrected chi connectivity index (χ4v) is 1.78. The van der Waals surface area contributed by atoms with E-state index in [4.69, 9.17) is 0 Å². The SMILES string of the molecule is CC(C)N1CC[NH+](CB(F)F)CC1. The van der Waals surface area contributed by atoms with Gasteiger partial charge in [-0.3, -0.25) is 13.5 Å². The molecular weight excluding hydrogens is 173 g/mol. The van der Waals surface area contributed by atoms with Crippen LogP contribution in [0.1, 0.15) is 13.8 Å². The Hall–Kier alpha value is -0.155. The van der Waals surface area contributed by atoms with E-state index < -0.39 is 7.27 Å². The molecule has 76 valence electrons. The van der Waals surface area contributed by atoms with Gasteiger partial charge in [-0.1, -0.05) is 0 Å². The fourth-order valence-electron chi connectivity index (χ4n) is 1.78. The maximum atomic E-state index is 12.0. The van der Waals surface area contributed by atoms with E-state index in [2.05, 4.69) is 18.7 Å². The van der Waals surface area contributed by atoms with Crippen molar-refractivity contribution in [2.24, 2.45) is 0 Å². The van der Waals surface area contributed by atoms with Crippen LogP contribution >= 0.6 is 0 Å². The van der Waals surface area contributed by atoms with Crippen molar-refractivity contribution in [3.05, 3.63) is 0 Å². The average molecular weight is 191 g/mol. The van der Waals surface area contributed by atoms with E-state index in [0.29, 0.717) is 6.04 Å². The maximum Gasteiger partial charge on any atom is 0.592 e. The summed E-state index contributed by atoms with van der Waals surface area (Å²) in [4.78, 5) is 3.39. The summed E-state index contributed by atoms with van der Waals surface area (Å²) in [6, 6.07) is 0.549. The van der Waals surface area contributed by atoms with E-state index in [0.717, 1.165) is 31.1 Å². The molecule has 0 bridgehead atoms. The first-order valence-corrected chi connectivity index (χ1v) is 4.95. The second kappa shape index (κ2) is 4.91. The normalized spacial score (nSPS) is 21.0. The number of halogens is 2. The summed E-state index contributed by atoms with van der Waals surface area (Å²) in [6.45, 7) is 7.95. The minimum atomic E-state index is -2.15. The summed E-state index contributed by atoms with van der Waals surface area (Å²) in [7, 11) is -2.15. The molecule has 1 heterocycles. The summed E-state index contributed by atoms with van der Waals surface area (Å²) in [5.74, 6) is 0. The minimum absolute atomic E-state index is 0.0198. The van der Waals surface area contributed by atoms with Gasteiger partial charge in [0.15, 0.2) is 0 Å². The minimum Gasteiger partial charge on any atom is -0.334 e. The second-order valence-electron chi connectivity index (χ2n) is 3.97. The molecule has 0 aromatic rings. The largest absolute Gasteiger partial charge is 0.592 e. The van der Waals surface area contributed by atoms with Crippen molar-refractivity contribution in [2.75, 3.05) is 32.6 Å². The molecule has 1 fully saturated rings. The van der Waals surface area contributed by atoms with Crippen LogP contribution in [0.5, 0.6) is 0 Å². The van der Waals surface area contributed by atoms with Crippen LogP contribution in [0.15, 0.2) is 0 Å². The predicted molar refractivity (Wildman–Crippen MR) is 50.2 cm³/mol. The van der Waals surface area contributed by atoms with Crippen molar-refractivity contribution >= 4 is 7.27 Å². The molecule has 0 atom stereocenters. The fraction of sp³-hybridized carbons (Fsp3) is 1.00. The molecule has 1 aliphatic rings. The van der Waals surface area contributed by atoms with Gasteiger partial charge in [0.1, 0.15) is 6.44 Å². The van der Waals surface area contributed by atoms with Crippen LogP contribution in [-0.4, -0.2) is 50.8 Å². The lowest BCUT2D eigenvalue weighted by atomic mass is 9.98. The average Bonchev–Trinajstić information content (AvgIpc) is 2.04. The predicted octanol–water partition coefficient (Wildman–Crippen LogP) is -0.438. The summed E-state index contributed by atoms with van der Waals surface area (Å²) < 4.78 is 24.1. The Bertz CT molecular complexity index is 147. The Kier molecular flexibility index (Phi) is 4.13. The third-order valence-electron chi connectivity index (χ3n) is 2.68. The molecule has 0 aromatic carbocycles. The van der Waals surface area contributed by atoms with Crippen LogP contribution < -0.4 is 4.90 Å². The van der Waals surface area contributed by atoms with Crippen molar-refractivity contribution < 1.29 is 13.5 Å². The molecule has 0 radical (unpaired) electrons. The summed E-state index contributed by atoms with van der Waals surface area (Å²) >= 11 is 0. The Balaban J connectivity index is 2.22. The van der Waals surface area contributed by atoms with E-state index >= 15 is 0 Å². The van der Waals surface area contributed by atoms with E-state index in [1.54, 1.807) is 0 Å². The first-order chi connectivity index (χ1) is 6.09. The van der Waals surface area contributed by atoms with Gasteiger partial charge in [-0.2, -0.15) is 0 Å². The number of hydrogen-bond acceptors (Lipinski definition) is 1. The zero-order chi connectivity index (χ0) is 9.84. The maximum absolute atomic E-state index is 12.0. The number of nitrogens with zero attached hydrogens (tertiary/aromatic N) is 1. The molecule has 0 unspecified atom stereocenters. The Morgan fingerprint density at radius 3 is 2.23 bits per heavy atom. The molecule has 1 rings (SSSR count). The van der Waals surface area contributed by atoms with E-state index in [9.17, 15) is 8.63 Å². The topological polar surface area (TPSA) is 7.68 Å². The van der Waals surface area contributed by atoms with Crippen LogP contribution in [0.3, 0.4) is 0 Å². The van der Waals surface area contributed by atoms with Gasteiger partial charge >= 0.3 is 7.27 Å². The molecule has 0 spiro atoms. The van der Waals surface area contributed by atoms with Crippen molar-refractivity contribution in [1.29, 1.82) is 0 Å². The zero-order valence-corrected chi connectivity index (χ0v) is 8.39. The molecule has 1 N–H and O–H groups in total. The van der Waals surface area contributed by atoms with Crippen LogP contribution in [0.2, 0.25) is 0 Å². The summed E-state index contributed by atoms with van der Waals surface area (Å²) in [6.07, 6.45) is 0.0198. The van der Waals surface area contributed by atoms with E-state index in [1.165, 1.54) is 0 Å². The van der Waals surface area contributed by atoms with E-state index in [1.807, 2.05) is 0 Å². The lowest BCUT2D eigenvalue weighted by molar-refractivity contribution is -0.895. The van der Waals surface area contributed by atoms with Crippen LogP contribution in [0.4, 0.5) is 8.63 Å². The molecule has 0 aliphatic carbocycles. The molecule has 0 amide bonds. The molecule has 0 saturated carbocycles. The molecule has 1 aliphatic heterocycles. The summed E-state index contributed by atoms with van der Waals surface area (Å²) in [5.41, 5.74) is 0. The lowest BCUT2D eigenvalue weighted by Gasteiger charge is -2.34. The Morgan fingerprint density at radius 1 is 1.31 bits per heavy atom. The first kappa shape index (κ1) is 10.9. The van der Waals surface area contributed by atoms with Crippen LogP contribution in [0.25, 0.3) is 0 Å². The first-order valence-electron chi connectivity index (χ1n) is 4.95. The number of piperazine rings is 1. The molecule has 1 saturated heterocycles. The number of hydrogen-bond donors (Lipinski definition) is 1. The van der Waals surface area contributed by atoms with Crippen molar-refractivity contribution in [2.45, 2.75) is 19.9 Å². The monoisotopic (exact) mass is 191 g/mol. The van der Waals surface area contributed by atoms with Gasteiger partial charge in [-0.25, -0.2) is 0 Å².